The molecule has 3 heteroatoms. The Hall–Kier alpha value is -0.670. The molecule has 0 aliphatic heterocycles. The molecule has 0 saturated heterocycles. The van der Waals surface area contributed by atoms with E-state index in [1.54, 1.807) is 0 Å². The van der Waals surface area contributed by atoms with Crippen molar-refractivity contribution in [2.75, 3.05) is 13.1 Å². The first-order valence-electron chi connectivity index (χ1n) is 5.68. The maximum Gasteiger partial charge on any atom is 0.0410 e. The highest BCUT2D eigenvalue weighted by Crippen LogP contribution is 2.13. The Labute approximate surface area is 106 Å². The van der Waals surface area contributed by atoms with Crippen molar-refractivity contribution < 1.29 is 0 Å². The van der Waals surface area contributed by atoms with Crippen LogP contribution in [-0.2, 0) is 6.42 Å². The topological polar surface area (TPSA) is 24.9 Å². The summed E-state index contributed by atoms with van der Waals surface area (Å²) >= 11 is 3.43. The highest BCUT2D eigenvalue weighted by molar-refractivity contribution is 9.10. The Kier molecular flexibility index (Phi) is 6.34. The lowest BCUT2D eigenvalue weighted by Crippen LogP contribution is -2.13. The highest BCUT2D eigenvalue weighted by atomic mass is 79.9. The number of hydrogen-bond donors (Lipinski definition) is 1. The summed E-state index contributed by atoms with van der Waals surface area (Å²) in [6, 6.07) is 2.12. The Morgan fingerprint density at radius 2 is 2.31 bits per heavy atom. The molecule has 0 saturated carbocycles. The van der Waals surface area contributed by atoms with Crippen molar-refractivity contribution in [3.05, 3.63) is 40.1 Å². The molecule has 0 atom stereocenters. The van der Waals surface area contributed by atoms with Gasteiger partial charge in [0.15, 0.2) is 0 Å². The van der Waals surface area contributed by atoms with Crippen LogP contribution in [0.2, 0.25) is 0 Å². The zero-order chi connectivity index (χ0) is 11.8. The van der Waals surface area contributed by atoms with Gasteiger partial charge in [0.05, 0.1) is 0 Å². The second-order valence-corrected chi connectivity index (χ2v) is 4.80. The molecule has 88 valence electrons. The van der Waals surface area contributed by atoms with E-state index in [0.29, 0.717) is 0 Å². The molecule has 0 spiro atoms. The van der Waals surface area contributed by atoms with Gasteiger partial charge in [0.2, 0.25) is 0 Å². The number of halogens is 1. The molecule has 0 aromatic carbocycles. The molecule has 0 aliphatic rings. The highest BCUT2D eigenvalue weighted by Gasteiger charge is 1.96. The molecule has 1 rings (SSSR count). The van der Waals surface area contributed by atoms with Gasteiger partial charge >= 0.3 is 0 Å². The number of aromatic nitrogens is 1. The van der Waals surface area contributed by atoms with E-state index in [-0.39, 0.29) is 0 Å². The fourth-order valence-corrected chi connectivity index (χ4v) is 1.96. The summed E-state index contributed by atoms with van der Waals surface area (Å²) in [5.74, 6) is 0. The van der Waals surface area contributed by atoms with Gasteiger partial charge in [-0.05, 0) is 60.4 Å². The zero-order valence-electron chi connectivity index (χ0n) is 9.96. The molecule has 0 bridgehead atoms. The van der Waals surface area contributed by atoms with Crippen LogP contribution >= 0.6 is 15.9 Å². The molecule has 0 amide bonds. The van der Waals surface area contributed by atoms with Crippen molar-refractivity contribution in [1.29, 1.82) is 0 Å². The first-order chi connectivity index (χ1) is 7.72. The van der Waals surface area contributed by atoms with Crippen molar-refractivity contribution in [2.24, 2.45) is 0 Å². The predicted octanol–water partition coefficient (Wildman–Crippen LogP) is 3.33. The summed E-state index contributed by atoms with van der Waals surface area (Å²) in [6.07, 6.45) is 8.11. The molecule has 0 radical (unpaired) electrons. The third-order valence-electron chi connectivity index (χ3n) is 2.31. The van der Waals surface area contributed by atoms with Crippen molar-refractivity contribution >= 4 is 15.9 Å². The second kappa shape index (κ2) is 7.58. The van der Waals surface area contributed by atoms with E-state index in [4.69, 9.17) is 0 Å². The molecule has 1 heterocycles. The molecule has 16 heavy (non-hydrogen) atoms. The summed E-state index contributed by atoms with van der Waals surface area (Å²) in [7, 11) is 0. The Morgan fingerprint density at radius 1 is 1.50 bits per heavy atom. The summed E-state index contributed by atoms with van der Waals surface area (Å²) in [4.78, 5) is 4.16. The largest absolute Gasteiger partial charge is 0.317 e. The van der Waals surface area contributed by atoms with E-state index >= 15 is 0 Å². The van der Waals surface area contributed by atoms with Crippen LogP contribution in [0.25, 0.3) is 0 Å². The van der Waals surface area contributed by atoms with Gasteiger partial charge in [-0.15, -0.1) is 0 Å². The summed E-state index contributed by atoms with van der Waals surface area (Å²) < 4.78 is 1.05. The number of pyridine rings is 1. The normalized spacial score (nSPS) is 11.8. The van der Waals surface area contributed by atoms with Gasteiger partial charge in [-0.25, -0.2) is 0 Å². The molecule has 0 aliphatic carbocycles. The van der Waals surface area contributed by atoms with Gasteiger partial charge < -0.3 is 5.32 Å². The van der Waals surface area contributed by atoms with Gasteiger partial charge in [-0.2, -0.15) is 0 Å². The lowest BCUT2D eigenvalue weighted by Gasteiger charge is -2.03. The van der Waals surface area contributed by atoms with Crippen LogP contribution in [0.3, 0.4) is 0 Å². The number of nitrogens with one attached hydrogen (secondary N) is 1. The molecule has 2 nitrogen and oxygen atoms in total. The molecule has 0 fully saturated rings. The van der Waals surface area contributed by atoms with E-state index < -0.39 is 0 Å². The van der Waals surface area contributed by atoms with Crippen LogP contribution in [0.15, 0.2) is 34.6 Å². The Bertz CT molecular complexity index is 348. The minimum atomic E-state index is 0.985. The van der Waals surface area contributed by atoms with Crippen LogP contribution in [0.5, 0.6) is 0 Å². The Balaban J connectivity index is 2.41. The maximum absolute atomic E-state index is 4.16. The first kappa shape index (κ1) is 13.4. The summed E-state index contributed by atoms with van der Waals surface area (Å²) in [6.45, 7) is 6.41. The smallest absolute Gasteiger partial charge is 0.0410 e. The van der Waals surface area contributed by atoms with E-state index in [9.17, 15) is 0 Å². The fraction of sp³-hybridized carbons (Fsp3) is 0.462. The van der Waals surface area contributed by atoms with Gasteiger partial charge in [-0.1, -0.05) is 18.6 Å². The fourth-order valence-electron chi connectivity index (χ4n) is 1.54. The van der Waals surface area contributed by atoms with E-state index in [1.807, 2.05) is 12.4 Å². The molecule has 0 unspecified atom stereocenters. The van der Waals surface area contributed by atoms with Gasteiger partial charge in [-0.3, -0.25) is 4.98 Å². The van der Waals surface area contributed by atoms with E-state index in [0.717, 1.165) is 30.4 Å². The average Bonchev–Trinajstić information content (AvgIpc) is 2.24. The first-order valence-corrected chi connectivity index (χ1v) is 6.47. The number of nitrogens with zero attached hydrogens (tertiary/aromatic N) is 1. The monoisotopic (exact) mass is 282 g/mol. The zero-order valence-corrected chi connectivity index (χ0v) is 11.5. The van der Waals surface area contributed by atoms with Crippen LogP contribution in [-0.4, -0.2) is 18.1 Å². The van der Waals surface area contributed by atoms with Gasteiger partial charge in [0.1, 0.15) is 0 Å². The maximum atomic E-state index is 4.16. The van der Waals surface area contributed by atoms with Crippen LogP contribution in [0.1, 0.15) is 25.8 Å². The van der Waals surface area contributed by atoms with Crippen molar-refractivity contribution in [3.63, 3.8) is 0 Å². The van der Waals surface area contributed by atoms with Gasteiger partial charge in [0, 0.05) is 16.9 Å². The average molecular weight is 283 g/mol. The number of rotatable bonds is 6. The number of allylic oxidation sites excluding steroid dienone is 1. The van der Waals surface area contributed by atoms with Crippen LogP contribution in [0.4, 0.5) is 0 Å². The summed E-state index contributed by atoms with van der Waals surface area (Å²) in [5.41, 5.74) is 2.66. The van der Waals surface area contributed by atoms with Crippen LogP contribution in [0, 0.1) is 0 Å². The predicted molar refractivity (Wildman–Crippen MR) is 72.6 cm³/mol. The molecule has 1 N–H and O–H groups in total. The molecule has 1 aromatic rings. The SMILES string of the molecule is CCNCC/C=C(/C)Cc1cncc(Br)c1. The van der Waals surface area contributed by atoms with Crippen molar-refractivity contribution in [3.8, 4) is 0 Å². The second-order valence-electron chi connectivity index (χ2n) is 3.88. The minimum Gasteiger partial charge on any atom is -0.317 e. The summed E-state index contributed by atoms with van der Waals surface area (Å²) in [5, 5.41) is 3.31. The molecule has 1 aromatic heterocycles. The lowest BCUT2D eigenvalue weighted by atomic mass is 10.1. The van der Waals surface area contributed by atoms with Gasteiger partial charge in [0.25, 0.3) is 0 Å². The minimum absolute atomic E-state index is 0.985. The van der Waals surface area contributed by atoms with Crippen molar-refractivity contribution in [2.45, 2.75) is 26.7 Å². The lowest BCUT2D eigenvalue weighted by molar-refractivity contribution is 0.724. The van der Waals surface area contributed by atoms with E-state index in [1.165, 1.54) is 11.1 Å². The Morgan fingerprint density at radius 3 is 3.00 bits per heavy atom. The third-order valence-corrected chi connectivity index (χ3v) is 2.74. The van der Waals surface area contributed by atoms with Crippen LogP contribution < -0.4 is 5.32 Å². The molecular weight excluding hydrogens is 264 g/mol. The molecular formula is C13H19BrN2. The van der Waals surface area contributed by atoms with Crippen molar-refractivity contribution in [1.82, 2.24) is 10.3 Å². The number of hydrogen-bond acceptors (Lipinski definition) is 2. The van der Waals surface area contributed by atoms with E-state index in [2.05, 4.69) is 52.2 Å². The standard InChI is InChI=1S/C13H19BrN2/c1-3-15-6-4-5-11(2)7-12-8-13(14)10-16-9-12/h5,8-10,15H,3-4,6-7H2,1-2H3/b11-5-. The third kappa shape index (κ3) is 5.42. The quantitative estimate of drug-likeness (QED) is 0.640.